The second kappa shape index (κ2) is 28.1. The van der Waals surface area contributed by atoms with Crippen LogP contribution in [0.5, 0.6) is 34.5 Å². The molecule has 0 atom stereocenters. The minimum absolute atomic E-state index is 0.215. The molecule has 6 heterocycles. The first-order chi connectivity index (χ1) is 39.9. The Bertz CT molecular complexity index is 3110. The number of rotatable bonds is 9. The molecule has 12 heteroatoms. The van der Waals surface area contributed by atoms with Crippen LogP contribution in [0.2, 0.25) is 0 Å². The number of hydrogen-bond donors (Lipinski definition) is 6. The van der Waals surface area contributed by atoms with E-state index in [0.717, 1.165) is 33.4 Å². The second-order valence-corrected chi connectivity index (χ2v) is 18.9. The summed E-state index contributed by atoms with van der Waals surface area (Å²) in [4.78, 5) is 23.7. The minimum Gasteiger partial charge on any atom is -0.508 e. The summed E-state index contributed by atoms with van der Waals surface area (Å²) < 4.78 is 0. The van der Waals surface area contributed by atoms with E-state index in [1.807, 2.05) is 146 Å². The smallest absolute Gasteiger partial charge is 0.115 e. The molecule has 82 heavy (non-hydrogen) atoms. The van der Waals surface area contributed by atoms with Crippen molar-refractivity contribution in [1.29, 1.82) is 0 Å². The molecule has 0 saturated heterocycles. The molecular weight excluding hydrogens is 1020 g/mol. The van der Waals surface area contributed by atoms with Crippen molar-refractivity contribution in [1.82, 2.24) is 29.9 Å². The van der Waals surface area contributed by atoms with Gasteiger partial charge in [0.15, 0.2) is 0 Å². The van der Waals surface area contributed by atoms with Crippen molar-refractivity contribution >= 4 is 0 Å². The summed E-state index contributed by atoms with van der Waals surface area (Å²) in [5, 5.41) is 57.4. The van der Waals surface area contributed by atoms with Crippen molar-refractivity contribution in [3.05, 3.63) is 326 Å². The van der Waals surface area contributed by atoms with Gasteiger partial charge in [-0.2, -0.15) is 0 Å². The number of nitrogens with zero attached hydrogens (tertiary/aromatic N) is 6. The van der Waals surface area contributed by atoms with Crippen LogP contribution in [0.25, 0.3) is 33.4 Å². The lowest BCUT2D eigenvalue weighted by atomic mass is 9.71. The van der Waals surface area contributed by atoms with Crippen molar-refractivity contribution in [2.24, 2.45) is 0 Å². The van der Waals surface area contributed by atoms with E-state index in [2.05, 4.69) is 43.8 Å². The second-order valence-electron chi connectivity index (χ2n) is 18.9. The molecule has 6 aromatic carbocycles. The van der Waals surface area contributed by atoms with Gasteiger partial charge in [-0.05, 0) is 226 Å². The average Bonchev–Trinajstić information content (AvgIpc) is 3.48. The van der Waals surface area contributed by atoms with Crippen LogP contribution in [0.15, 0.2) is 293 Å². The van der Waals surface area contributed by atoms with E-state index in [0.29, 0.717) is 0 Å². The van der Waals surface area contributed by atoms with E-state index in [1.165, 1.54) is 33.4 Å². The maximum atomic E-state index is 9.57. The number of phenols is 6. The van der Waals surface area contributed by atoms with Gasteiger partial charge in [-0.3, -0.25) is 29.9 Å². The first kappa shape index (κ1) is 57.2. The van der Waals surface area contributed by atoms with Crippen LogP contribution in [-0.2, 0) is 10.8 Å². The van der Waals surface area contributed by atoms with Crippen LogP contribution in [0, 0.1) is 0 Å². The van der Waals surface area contributed by atoms with Crippen molar-refractivity contribution in [2.75, 3.05) is 0 Å². The standard InChI is InChI=1S/2C20H18O3.3C10H8N2/c2*1-20(14-2-8-17(21)9-3-14,15-4-10-18(22)11-5-15)16-6-12-19(23)13-7-16;3*1-5-11-6-2-9(1)10-3-7-12-8-4-10/h2*2-13,21-23H,1H3;3*1-8H. The van der Waals surface area contributed by atoms with Gasteiger partial charge in [0.2, 0.25) is 0 Å². The predicted octanol–water partition coefficient (Wildman–Crippen LogP) is 14.7. The van der Waals surface area contributed by atoms with E-state index < -0.39 is 10.8 Å². The Balaban J connectivity index is 0.000000139. The molecule has 0 bridgehead atoms. The van der Waals surface area contributed by atoms with Crippen molar-refractivity contribution in [3.8, 4) is 67.9 Å². The van der Waals surface area contributed by atoms with Gasteiger partial charge < -0.3 is 30.6 Å². The fraction of sp³-hybridized carbons (Fsp3) is 0.0571. The van der Waals surface area contributed by atoms with Gasteiger partial charge in [-0.1, -0.05) is 72.8 Å². The molecule has 0 spiro atoms. The third-order valence-corrected chi connectivity index (χ3v) is 13.7. The highest BCUT2D eigenvalue weighted by Crippen LogP contribution is 2.42. The van der Waals surface area contributed by atoms with Crippen molar-refractivity contribution in [2.45, 2.75) is 24.7 Å². The zero-order valence-electron chi connectivity index (χ0n) is 45.1. The largest absolute Gasteiger partial charge is 0.508 e. The lowest BCUT2D eigenvalue weighted by molar-refractivity contribution is 0.472. The molecule has 0 amide bonds. The molecule has 12 nitrogen and oxygen atoms in total. The first-order valence-electron chi connectivity index (χ1n) is 26.1. The Morgan fingerprint density at radius 1 is 0.183 bits per heavy atom. The zero-order valence-corrected chi connectivity index (χ0v) is 45.1. The molecule has 0 aliphatic rings. The van der Waals surface area contributed by atoms with Gasteiger partial charge in [0.05, 0.1) is 0 Å². The van der Waals surface area contributed by atoms with Crippen LogP contribution in [0.4, 0.5) is 0 Å². The maximum absolute atomic E-state index is 9.57. The van der Waals surface area contributed by atoms with Gasteiger partial charge in [-0.15, -0.1) is 0 Å². The molecule has 0 fully saturated rings. The Kier molecular flexibility index (Phi) is 19.6. The van der Waals surface area contributed by atoms with Gasteiger partial charge >= 0.3 is 0 Å². The van der Waals surface area contributed by atoms with Crippen molar-refractivity contribution in [3.63, 3.8) is 0 Å². The fourth-order valence-corrected chi connectivity index (χ4v) is 9.03. The number of benzene rings is 6. The van der Waals surface area contributed by atoms with Gasteiger partial charge in [-0.25, -0.2) is 0 Å². The molecule has 12 aromatic rings. The van der Waals surface area contributed by atoms with Gasteiger partial charge in [0.25, 0.3) is 0 Å². The summed E-state index contributed by atoms with van der Waals surface area (Å²) in [6.07, 6.45) is 21.4. The van der Waals surface area contributed by atoms with E-state index in [4.69, 9.17) is 0 Å². The lowest BCUT2D eigenvalue weighted by Gasteiger charge is -2.32. The molecule has 6 N–H and O–H groups in total. The average molecular weight is 1080 g/mol. The van der Waals surface area contributed by atoms with Crippen molar-refractivity contribution < 1.29 is 30.6 Å². The normalized spacial score (nSPS) is 10.6. The quantitative estimate of drug-likeness (QED) is 0.0749. The van der Waals surface area contributed by atoms with Gasteiger partial charge in [0.1, 0.15) is 34.5 Å². The van der Waals surface area contributed by atoms with Crippen LogP contribution in [0.1, 0.15) is 47.2 Å². The molecule has 0 unspecified atom stereocenters. The summed E-state index contributed by atoms with van der Waals surface area (Å²) in [5.74, 6) is 1.29. The predicted molar refractivity (Wildman–Crippen MR) is 322 cm³/mol. The molecule has 0 aliphatic heterocycles. The lowest BCUT2D eigenvalue weighted by Crippen LogP contribution is -2.25. The fourth-order valence-electron chi connectivity index (χ4n) is 9.03. The molecule has 0 radical (unpaired) electrons. The SMILES string of the molecule is CC(c1ccc(O)cc1)(c1ccc(O)cc1)c1ccc(O)cc1.CC(c1ccc(O)cc1)(c1ccc(O)cc1)c1ccc(O)cc1.c1cc(-c2ccncc2)ccn1.c1cc(-c2ccncc2)ccn1.c1cc(-c2ccncc2)ccn1. The Labute approximate surface area is 477 Å². The highest BCUT2D eigenvalue weighted by atomic mass is 16.3. The third kappa shape index (κ3) is 15.2. The summed E-state index contributed by atoms with van der Waals surface area (Å²) in [7, 11) is 0. The molecule has 0 saturated carbocycles. The van der Waals surface area contributed by atoms with E-state index in [9.17, 15) is 30.6 Å². The minimum atomic E-state index is -0.477. The monoisotopic (exact) mass is 1080 g/mol. The van der Waals surface area contributed by atoms with Crippen LogP contribution in [0.3, 0.4) is 0 Å². The number of aromatic hydroxyl groups is 6. The number of phenolic OH excluding ortho intramolecular Hbond substituents is 6. The topological polar surface area (TPSA) is 199 Å². The summed E-state index contributed by atoms with van der Waals surface area (Å²) in [6.45, 7) is 4.16. The van der Waals surface area contributed by atoms with Crippen LogP contribution >= 0.6 is 0 Å². The third-order valence-electron chi connectivity index (χ3n) is 13.7. The number of pyridine rings is 6. The Morgan fingerprint density at radius 3 is 0.402 bits per heavy atom. The first-order valence-corrected chi connectivity index (χ1v) is 26.1. The number of aromatic nitrogens is 6. The summed E-state index contributed by atoms with van der Waals surface area (Å²) in [6, 6.07) is 66.3. The summed E-state index contributed by atoms with van der Waals surface area (Å²) >= 11 is 0. The molecule has 406 valence electrons. The molecule has 0 aliphatic carbocycles. The number of hydrogen-bond acceptors (Lipinski definition) is 12. The van der Waals surface area contributed by atoms with Crippen LogP contribution < -0.4 is 0 Å². The highest BCUT2D eigenvalue weighted by Gasteiger charge is 2.32. The molecule has 6 aromatic heterocycles. The molecule has 12 rings (SSSR count). The highest BCUT2D eigenvalue weighted by molar-refractivity contribution is 5.63. The van der Waals surface area contributed by atoms with E-state index >= 15 is 0 Å². The van der Waals surface area contributed by atoms with E-state index in [1.54, 1.807) is 147 Å². The molecular formula is C70H60N6O6. The Morgan fingerprint density at radius 2 is 0.293 bits per heavy atom. The van der Waals surface area contributed by atoms with Gasteiger partial charge in [0, 0.05) is 85.2 Å². The Hall–Kier alpha value is -11.0. The summed E-state index contributed by atoms with van der Waals surface area (Å²) in [5.41, 5.74) is 12.1. The maximum Gasteiger partial charge on any atom is 0.115 e. The van der Waals surface area contributed by atoms with E-state index in [-0.39, 0.29) is 34.5 Å². The van der Waals surface area contributed by atoms with Crippen LogP contribution in [-0.4, -0.2) is 60.5 Å². The zero-order chi connectivity index (χ0) is 57.6.